The number of rotatable bonds is 5. The van der Waals surface area contributed by atoms with Crippen LogP contribution < -0.4 is 5.56 Å². The van der Waals surface area contributed by atoms with E-state index in [-0.39, 0.29) is 11.0 Å². The summed E-state index contributed by atoms with van der Waals surface area (Å²) in [5.74, 6) is 0.763. The number of hydrogen-bond donors (Lipinski definition) is 0. The Morgan fingerprint density at radius 3 is 2.58 bits per heavy atom. The number of aromatic nitrogens is 2. The number of benzene rings is 2. The number of nitrogens with zero attached hydrogens (tertiary/aromatic N) is 2. The molecule has 5 heteroatoms. The van der Waals surface area contributed by atoms with Crippen LogP contribution in [0.25, 0.3) is 11.3 Å². The zero-order chi connectivity index (χ0) is 21.4. The monoisotopic (exact) mass is 450 g/mol. The highest BCUT2D eigenvalue weighted by atomic mass is 35.5. The molecular formula is C26H27ClN2OS. The van der Waals surface area contributed by atoms with Crippen LogP contribution in [0.3, 0.4) is 0 Å². The lowest BCUT2D eigenvalue weighted by Gasteiger charge is -2.36. The van der Waals surface area contributed by atoms with Gasteiger partial charge in [0.2, 0.25) is 0 Å². The van der Waals surface area contributed by atoms with Gasteiger partial charge in [0.15, 0.2) is 5.16 Å². The molecule has 0 saturated heterocycles. The SMILES string of the molecule is CCCn1c(SCc2ccc(Cl)cc2)nc2c(c1=O)C1(CCCC1)Cc1ccccc1-2. The van der Waals surface area contributed by atoms with E-state index >= 15 is 0 Å². The van der Waals surface area contributed by atoms with Crippen LogP contribution in [-0.2, 0) is 24.1 Å². The summed E-state index contributed by atoms with van der Waals surface area (Å²) in [6.07, 6.45) is 6.46. The Hall–Kier alpha value is -2.04. The van der Waals surface area contributed by atoms with E-state index in [0.717, 1.165) is 58.4 Å². The molecule has 31 heavy (non-hydrogen) atoms. The van der Waals surface area contributed by atoms with Crippen molar-refractivity contribution in [2.24, 2.45) is 0 Å². The van der Waals surface area contributed by atoms with Gasteiger partial charge in [-0.3, -0.25) is 9.36 Å². The van der Waals surface area contributed by atoms with Gasteiger partial charge in [-0.25, -0.2) is 4.98 Å². The van der Waals surface area contributed by atoms with E-state index in [1.165, 1.54) is 24.0 Å². The Labute approximate surface area is 192 Å². The van der Waals surface area contributed by atoms with Crippen molar-refractivity contribution in [3.05, 3.63) is 80.6 Å². The minimum atomic E-state index is -0.0391. The summed E-state index contributed by atoms with van der Waals surface area (Å²) in [5, 5.41) is 1.56. The van der Waals surface area contributed by atoms with Crippen LogP contribution in [0.4, 0.5) is 0 Å². The van der Waals surface area contributed by atoms with Crippen molar-refractivity contribution in [3.8, 4) is 11.3 Å². The zero-order valence-corrected chi connectivity index (χ0v) is 19.4. The van der Waals surface area contributed by atoms with Crippen molar-refractivity contribution in [1.82, 2.24) is 9.55 Å². The first-order chi connectivity index (χ1) is 15.1. The maximum absolute atomic E-state index is 13.9. The lowest BCUT2D eigenvalue weighted by molar-refractivity contribution is 0.414. The second kappa shape index (κ2) is 8.48. The van der Waals surface area contributed by atoms with E-state index in [1.807, 2.05) is 28.8 Å². The van der Waals surface area contributed by atoms with Crippen LogP contribution in [0.5, 0.6) is 0 Å². The second-order valence-corrected chi connectivity index (χ2v) is 10.2. The number of hydrogen-bond acceptors (Lipinski definition) is 3. The highest BCUT2D eigenvalue weighted by Gasteiger charge is 2.44. The van der Waals surface area contributed by atoms with Crippen LogP contribution in [0.2, 0.25) is 5.02 Å². The van der Waals surface area contributed by atoms with E-state index in [9.17, 15) is 4.79 Å². The molecule has 1 aromatic heterocycles. The predicted octanol–water partition coefficient (Wildman–Crippen LogP) is 6.63. The average Bonchev–Trinajstić information content (AvgIpc) is 3.23. The summed E-state index contributed by atoms with van der Waals surface area (Å²) < 4.78 is 1.94. The molecule has 3 aromatic rings. The number of thioether (sulfide) groups is 1. The topological polar surface area (TPSA) is 34.9 Å². The molecule has 5 rings (SSSR count). The van der Waals surface area contributed by atoms with Gasteiger partial charge < -0.3 is 0 Å². The Morgan fingerprint density at radius 2 is 1.84 bits per heavy atom. The Balaban J connectivity index is 1.64. The highest BCUT2D eigenvalue weighted by molar-refractivity contribution is 7.98. The van der Waals surface area contributed by atoms with E-state index in [1.54, 1.807) is 11.8 Å². The molecule has 1 heterocycles. The molecule has 0 unspecified atom stereocenters. The first kappa shape index (κ1) is 20.8. The average molecular weight is 451 g/mol. The standard InChI is InChI=1S/C26H27ClN2OS/c1-2-15-29-24(30)22-23(28-25(29)31-17-18-9-11-20(27)12-10-18)21-8-4-3-7-19(21)16-26(22)13-5-6-14-26/h3-4,7-12H,2,5-6,13-17H2,1H3. The van der Waals surface area contributed by atoms with Crippen molar-refractivity contribution in [3.63, 3.8) is 0 Å². The van der Waals surface area contributed by atoms with Gasteiger partial charge in [-0.15, -0.1) is 0 Å². The largest absolute Gasteiger partial charge is 0.287 e. The molecule has 3 nitrogen and oxygen atoms in total. The van der Waals surface area contributed by atoms with E-state index in [4.69, 9.17) is 16.6 Å². The first-order valence-electron chi connectivity index (χ1n) is 11.2. The normalized spacial score (nSPS) is 16.3. The van der Waals surface area contributed by atoms with Crippen LogP contribution in [0.15, 0.2) is 58.5 Å². The van der Waals surface area contributed by atoms with Crippen molar-refractivity contribution in [1.29, 1.82) is 0 Å². The summed E-state index contributed by atoms with van der Waals surface area (Å²) in [6, 6.07) is 16.4. The summed E-state index contributed by atoms with van der Waals surface area (Å²) >= 11 is 7.69. The maximum Gasteiger partial charge on any atom is 0.258 e. The minimum Gasteiger partial charge on any atom is -0.287 e. The fourth-order valence-corrected chi connectivity index (χ4v) is 6.40. The molecule has 2 aromatic carbocycles. The highest BCUT2D eigenvalue weighted by Crippen LogP contribution is 2.50. The number of halogens is 1. The van der Waals surface area contributed by atoms with Gasteiger partial charge in [-0.1, -0.05) is 79.5 Å². The summed E-state index contributed by atoms with van der Waals surface area (Å²) in [4.78, 5) is 19.1. The van der Waals surface area contributed by atoms with Crippen molar-refractivity contribution >= 4 is 23.4 Å². The van der Waals surface area contributed by atoms with Gasteiger partial charge >= 0.3 is 0 Å². The van der Waals surface area contributed by atoms with Crippen molar-refractivity contribution in [2.75, 3.05) is 0 Å². The predicted molar refractivity (Wildman–Crippen MR) is 129 cm³/mol. The van der Waals surface area contributed by atoms with Crippen LogP contribution in [0, 0.1) is 0 Å². The molecule has 0 aliphatic heterocycles. The van der Waals surface area contributed by atoms with Gasteiger partial charge in [0.05, 0.1) is 11.3 Å². The zero-order valence-electron chi connectivity index (χ0n) is 17.9. The molecule has 0 bridgehead atoms. The van der Waals surface area contributed by atoms with E-state index in [2.05, 4.69) is 31.2 Å². The third kappa shape index (κ3) is 3.74. The van der Waals surface area contributed by atoms with Crippen LogP contribution in [-0.4, -0.2) is 9.55 Å². The summed E-state index contributed by atoms with van der Waals surface area (Å²) in [7, 11) is 0. The van der Waals surface area contributed by atoms with E-state index < -0.39 is 0 Å². The smallest absolute Gasteiger partial charge is 0.258 e. The van der Waals surface area contributed by atoms with Gasteiger partial charge in [0.1, 0.15) is 0 Å². The third-order valence-corrected chi connectivity index (χ3v) is 8.05. The van der Waals surface area contributed by atoms with Crippen molar-refractivity contribution < 1.29 is 0 Å². The van der Waals surface area contributed by atoms with Crippen molar-refractivity contribution in [2.45, 2.75) is 68.3 Å². The van der Waals surface area contributed by atoms with Crippen LogP contribution in [0.1, 0.15) is 55.7 Å². The molecule has 1 saturated carbocycles. The first-order valence-corrected chi connectivity index (χ1v) is 12.6. The fourth-order valence-electron chi connectivity index (χ4n) is 5.30. The van der Waals surface area contributed by atoms with Gasteiger partial charge in [0.25, 0.3) is 5.56 Å². The number of fused-ring (bicyclic) bond motifs is 4. The molecule has 0 radical (unpaired) electrons. The Morgan fingerprint density at radius 1 is 1.10 bits per heavy atom. The Kier molecular flexibility index (Phi) is 5.70. The van der Waals surface area contributed by atoms with Gasteiger partial charge in [-0.2, -0.15) is 0 Å². The molecule has 160 valence electrons. The molecule has 2 aliphatic rings. The molecular weight excluding hydrogens is 424 g/mol. The lowest BCUT2D eigenvalue weighted by Crippen LogP contribution is -2.40. The van der Waals surface area contributed by atoms with E-state index in [0.29, 0.717) is 6.54 Å². The fraction of sp³-hybridized carbons (Fsp3) is 0.385. The summed E-state index contributed by atoms with van der Waals surface area (Å²) in [5.41, 5.74) is 5.71. The van der Waals surface area contributed by atoms with Gasteiger partial charge in [0, 0.05) is 28.3 Å². The van der Waals surface area contributed by atoms with Gasteiger partial charge in [-0.05, 0) is 48.9 Å². The second-order valence-electron chi connectivity index (χ2n) is 8.81. The molecule has 0 amide bonds. The molecule has 1 fully saturated rings. The molecule has 2 aliphatic carbocycles. The molecule has 0 N–H and O–H groups in total. The quantitative estimate of drug-likeness (QED) is 0.323. The maximum atomic E-state index is 13.9. The molecule has 1 spiro atoms. The Bertz CT molecular complexity index is 1160. The lowest BCUT2D eigenvalue weighted by atomic mass is 9.68. The van der Waals surface area contributed by atoms with Crippen LogP contribution >= 0.6 is 23.4 Å². The molecule has 0 atom stereocenters. The minimum absolute atomic E-state index is 0.0391. The summed E-state index contributed by atoms with van der Waals surface area (Å²) in [6.45, 7) is 2.83. The third-order valence-electron chi connectivity index (χ3n) is 6.75.